The van der Waals surface area contributed by atoms with Crippen LogP contribution in [0, 0.1) is 11.6 Å². The number of amides is 2. The van der Waals surface area contributed by atoms with Crippen molar-refractivity contribution >= 4 is 34.1 Å². The number of urea groups is 1. The highest BCUT2D eigenvalue weighted by molar-refractivity contribution is 6.31. The van der Waals surface area contributed by atoms with E-state index in [9.17, 15) is 18.4 Å². The molecule has 1 aromatic heterocycles. The van der Waals surface area contributed by atoms with Gasteiger partial charge in [0.1, 0.15) is 11.6 Å². The molecule has 0 saturated heterocycles. The summed E-state index contributed by atoms with van der Waals surface area (Å²) in [6, 6.07) is 6.57. The van der Waals surface area contributed by atoms with Crippen molar-refractivity contribution in [2.45, 2.75) is 13.0 Å². The lowest BCUT2D eigenvalue weighted by Crippen LogP contribution is -2.34. The first-order valence-corrected chi connectivity index (χ1v) is 8.32. The first-order valence-electron chi connectivity index (χ1n) is 7.94. The third kappa shape index (κ3) is 3.75. The second-order valence-electron chi connectivity index (χ2n) is 5.97. The fourth-order valence-corrected chi connectivity index (χ4v) is 2.80. The van der Waals surface area contributed by atoms with Crippen LogP contribution < -0.4 is 10.9 Å². The Kier molecular flexibility index (Phi) is 5.09. The van der Waals surface area contributed by atoms with E-state index in [4.69, 9.17) is 11.6 Å². The molecule has 27 heavy (non-hydrogen) atoms. The molecule has 0 spiro atoms. The maximum atomic E-state index is 13.5. The molecule has 0 unspecified atom stereocenters. The molecule has 2 aromatic carbocycles. The summed E-state index contributed by atoms with van der Waals surface area (Å²) in [6.45, 7) is 1.71. The Morgan fingerprint density at radius 2 is 1.96 bits per heavy atom. The number of carbonyl (C=O) groups is 1. The van der Waals surface area contributed by atoms with E-state index in [-0.39, 0.29) is 10.4 Å². The number of rotatable bonds is 3. The highest BCUT2D eigenvalue weighted by atomic mass is 35.5. The van der Waals surface area contributed by atoms with Crippen molar-refractivity contribution in [3.8, 4) is 0 Å². The third-order valence-electron chi connectivity index (χ3n) is 4.25. The minimum Gasteiger partial charge on any atom is -0.319 e. The summed E-state index contributed by atoms with van der Waals surface area (Å²) in [5.74, 6) is -1.13. The molecule has 2 N–H and O–H groups in total. The van der Waals surface area contributed by atoms with Gasteiger partial charge in [0.15, 0.2) is 0 Å². The van der Waals surface area contributed by atoms with Crippen molar-refractivity contribution in [1.82, 2.24) is 15.1 Å². The molecule has 9 heteroatoms. The molecule has 3 rings (SSSR count). The van der Waals surface area contributed by atoms with E-state index in [2.05, 4.69) is 15.5 Å². The van der Waals surface area contributed by atoms with Crippen LogP contribution in [0.5, 0.6) is 0 Å². The molecule has 0 saturated carbocycles. The van der Waals surface area contributed by atoms with Crippen molar-refractivity contribution in [2.75, 3.05) is 12.4 Å². The number of nitrogens with zero attached hydrogens (tertiary/aromatic N) is 2. The smallest absolute Gasteiger partial charge is 0.319 e. The average Bonchev–Trinajstić information content (AvgIpc) is 2.64. The zero-order valence-electron chi connectivity index (χ0n) is 14.4. The normalized spacial score (nSPS) is 12.0. The van der Waals surface area contributed by atoms with Gasteiger partial charge in [-0.15, -0.1) is 0 Å². The van der Waals surface area contributed by atoms with E-state index in [0.29, 0.717) is 16.8 Å². The number of aromatic amines is 1. The molecular formula is C18H15ClF2N4O2. The van der Waals surface area contributed by atoms with Crippen molar-refractivity contribution < 1.29 is 13.6 Å². The Morgan fingerprint density at radius 3 is 2.67 bits per heavy atom. The molecule has 1 atom stereocenters. The third-order valence-corrected chi connectivity index (χ3v) is 4.54. The van der Waals surface area contributed by atoms with Crippen LogP contribution in [0.1, 0.15) is 18.7 Å². The molecule has 3 aromatic rings. The second kappa shape index (κ2) is 7.32. The lowest BCUT2D eigenvalue weighted by atomic mass is 10.1. The van der Waals surface area contributed by atoms with Crippen LogP contribution >= 0.6 is 11.6 Å². The highest BCUT2D eigenvalue weighted by Gasteiger charge is 2.22. The molecular weight excluding hydrogens is 378 g/mol. The Balaban J connectivity index is 1.88. The highest BCUT2D eigenvalue weighted by Crippen LogP contribution is 2.25. The Hall–Kier alpha value is -3.00. The summed E-state index contributed by atoms with van der Waals surface area (Å²) in [5.41, 5.74) is 0.208. The van der Waals surface area contributed by atoms with Gasteiger partial charge >= 0.3 is 6.03 Å². The fourth-order valence-electron chi connectivity index (χ4n) is 2.62. The lowest BCUT2D eigenvalue weighted by molar-refractivity contribution is 0.207. The van der Waals surface area contributed by atoms with Gasteiger partial charge in [-0.3, -0.25) is 4.79 Å². The molecule has 0 fully saturated rings. The quantitative estimate of drug-likeness (QED) is 0.705. The molecule has 6 nitrogen and oxygen atoms in total. The predicted molar refractivity (Wildman–Crippen MR) is 98.9 cm³/mol. The first kappa shape index (κ1) is 18.8. The molecule has 1 heterocycles. The van der Waals surface area contributed by atoms with E-state index < -0.39 is 29.3 Å². The van der Waals surface area contributed by atoms with Gasteiger partial charge in [0.2, 0.25) is 0 Å². The summed E-state index contributed by atoms with van der Waals surface area (Å²) in [5, 5.41) is 9.42. The van der Waals surface area contributed by atoms with Gasteiger partial charge in [0, 0.05) is 18.1 Å². The van der Waals surface area contributed by atoms with Crippen LogP contribution in [0.15, 0.2) is 41.2 Å². The number of halogens is 3. The lowest BCUT2D eigenvalue weighted by Gasteiger charge is -2.25. The van der Waals surface area contributed by atoms with E-state index in [1.54, 1.807) is 6.92 Å². The molecule has 0 aliphatic heterocycles. The minimum atomic E-state index is -0.590. The Labute approximate surface area is 157 Å². The monoisotopic (exact) mass is 392 g/mol. The van der Waals surface area contributed by atoms with Gasteiger partial charge in [-0.25, -0.2) is 18.7 Å². The zero-order valence-corrected chi connectivity index (χ0v) is 15.1. The van der Waals surface area contributed by atoms with Gasteiger partial charge in [-0.1, -0.05) is 11.6 Å². The van der Waals surface area contributed by atoms with Crippen LogP contribution in [-0.2, 0) is 0 Å². The Morgan fingerprint density at radius 1 is 1.22 bits per heavy atom. The van der Waals surface area contributed by atoms with Gasteiger partial charge in [-0.2, -0.15) is 5.10 Å². The number of hydrogen-bond donors (Lipinski definition) is 2. The largest absolute Gasteiger partial charge is 0.322 e. The Bertz CT molecular complexity index is 1090. The van der Waals surface area contributed by atoms with Crippen LogP contribution in [0.4, 0.5) is 19.3 Å². The van der Waals surface area contributed by atoms with Crippen molar-refractivity contribution in [1.29, 1.82) is 0 Å². The second-order valence-corrected chi connectivity index (χ2v) is 6.38. The van der Waals surface area contributed by atoms with Gasteiger partial charge in [0.05, 0.1) is 22.1 Å². The van der Waals surface area contributed by atoms with Gasteiger partial charge in [-0.05, 0) is 43.3 Å². The van der Waals surface area contributed by atoms with Gasteiger partial charge in [0.25, 0.3) is 5.56 Å². The number of anilines is 1. The van der Waals surface area contributed by atoms with E-state index >= 15 is 0 Å². The number of fused-ring (bicyclic) bond motifs is 1. The molecule has 2 amide bonds. The zero-order chi connectivity index (χ0) is 19.7. The summed E-state index contributed by atoms with van der Waals surface area (Å²) in [6.07, 6.45) is 0. The maximum Gasteiger partial charge on any atom is 0.322 e. The number of H-pyrrole nitrogens is 1. The number of benzene rings is 2. The number of nitrogens with one attached hydrogen (secondary N) is 2. The standard InChI is InChI=1S/C18H15ClF2N4O2/c1-9(16-12-5-3-10(20)7-13(12)17(26)24-23-16)25(2)18(27)22-11-4-6-15(21)14(19)8-11/h3-9H,1-2H3,(H,22,27)(H,24,26)/t9-/m0/s1. The van der Waals surface area contributed by atoms with Crippen LogP contribution in [0.25, 0.3) is 10.8 Å². The predicted octanol–water partition coefficient (Wildman–Crippen LogP) is 4.08. The molecule has 0 aliphatic carbocycles. The van der Waals surface area contributed by atoms with E-state index in [1.165, 1.54) is 36.2 Å². The van der Waals surface area contributed by atoms with Crippen molar-refractivity contribution in [2.24, 2.45) is 0 Å². The number of hydrogen-bond acceptors (Lipinski definition) is 3. The summed E-state index contributed by atoms with van der Waals surface area (Å²) < 4.78 is 26.7. The molecule has 140 valence electrons. The molecule has 0 aliphatic rings. The summed E-state index contributed by atoms with van der Waals surface area (Å²) in [4.78, 5) is 25.7. The maximum absolute atomic E-state index is 13.5. The van der Waals surface area contributed by atoms with Crippen LogP contribution in [-0.4, -0.2) is 28.2 Å². The van der Waals surface area contributed by atoms with Crippen molar-refractivity contribution in [3.63, 3.8) is 0 Å². The first-order chi connectivity index (χ1) is 12.8. The molecule has 0 radical (unpaired) electrons. The topological polar surface area (TPSA) is 78.1 Å². The van der Waals surface area contributed by atoms with Crippen molar-refractivity contribution in [3.05, 3.63) is 69.1 Å². The van der Waals surface area contributed by atoms with Crippen LogP contribution in [0.2, 0.25) is 5.02 Å². The van der Waals surface area contributed by atoms with E-state index in [0.717, 1.165) is 12.1 Å². The average molecular weight is 393 g/mol. The summed E-state index contributed by atoms with van der Waals surface area (Å²) >= 11 is 5.71. The summed E-state index contributed by atoms with van der Waals surface area (Å²) in [7, 11) is 1.53. The number of carbonyl (C=O) groups excluding carboxylic acids is 1. The minimum absolute atomic E-state index is 0.112. The number of aromatic nitrogens is 2. The van der Waals surface area contributed by atoms with Gasteiger partial charge < -0.3 is 10.2 Å². The van der Waals surface area contributed by atoms with E-state index in [1.807, 2.05) is 0 Å². The van der Waals surface area contributed by atoms with Crippen LogP contribution in [0.3, 0.4) is 0 Å². The fraction of sp³-hybridized carbons (Fsp3) is 0.167. The SMILES string of the molecule is C[C@@H](c1n[nH]c(=O)c2cc(F)ccc12)N(C)C(=O)Nc1ccc(F)c(Cl)c1. The molecule has 0 bridgehead atoms.